The first-order chi connectivity index (χ1) is 26.4. The lowest BCUT2D eigenvalue weighted by Gasteiger charge is -2.29. The van der Waals surface area contributed by atoms with Crippen molar-refractivity contribution in [2.45, 2.75) is 136 Å². The van der Waals surface area contributed by atoms with Crippen LogP contribution in [-0.2, 0) is 47.9 Å². The summed E-state index contributed by atoms with van der Waals surface area (Å²) in [5.74, 6) is -10.4. The normalized spacial score (nSPS) is 16.0. The fourth-order valence-electron chi connectivity index (χ4n) is 5.21. The number of hydrogen-bond donors (Lipinski definition) is 11. The SMILES string of the molecule is CC[C@H](C)[C@H](NC(=O)CNC(=O)[C@@H](N)C(C)C)C(=O)N[C@H](C(=O)N[C@@H](CC(N)=O)C(=O)N[C@H](C(=O)N[C@@H](CC(=O)O)C(=O)N[C@H](C=O)CC(C)C)C(C)C)[C@@H](C)O. The maximum Gasteiger partial charge on any atom is 0.305 e. The van der Waals surface area contributed by atoms with Crippen molar-refractivity contribution in [3.8, 4) is 0 Å². The Morgan fingerprint density at radius 1 is 0.632 bits per heavy atom. The second-order valence-electron chi connectivity index (χ2n) is 15.1. The Bertz CT molecular complexity index is 1440. The van der Waals surface area contributed by atoms with Crippen molar-refractivity contribution in [2.75, 3.05) is 6.54 Å². The number of amides is 8. The summed E-state index contributed by atoms with van der Waals surface area (Å²) in [6, 6.07) is -9.75. The van der Waals surface area contributed by atoms with Gasteiger partial charge in [-0.1, -0.05) is 61.8 Å². The number of nitrogens with one attached hydrogen (secondary N) is 7. The summed E-state index contributed by atoms with van der Waals surface area (Å²) in [4.78, 5) is 127. The monoisotopic (exact) mass is 813 g/mol. The van der Waals surface area contributed by atoms with Crippen molar-refractivity contribution in [3.63, 3.8) is 0 Å². The number of aliphatic carboxylic acids is 1. The Kier molecular flexibility index (Phi) is 22.9. The highest BCUT2D eigenvalue weighted by molar-refractivity contribution is 5.99. The van der Waals surface area contributed by atoms with Crippen molar-refractivity contribution >= 4 is 59.5 Å². The van der Waals surface area contributed by atoms with E-state index in [9.17, 15) is 58.2 Å². The third-order valence-corrected chi connectivity index (χ3v) is 8.83. The lowest BCUT2D eigenvalue weighted by atomic mass is 9.97. The van der Waals surface area contributed by atoms with Crippen molar-refractivity contribution in [1.29, 1.82) is 0 Å². The third kappa shape index (κ3) is 19.0. The number of aliphatic hydroxyl groups excluding tert-OH is 1. The summed E-state index contributed by atoms with van der Waals surface area (Å²) >= 11 is 0. The molecule has 0 aliphatic carbocycles. The average Bonchev–Trinajstić information content (AvgIpc) is 3.10. The Labute approximate surface area is 332 Å². The highest BCUT2D eigenvalue weighted by Crippen LogP contribution is 2.11. The number of carbonyl (C=O) groups is 10. The summed E-state index contributed by atoms with van der Waals surface area (Å²) in [5.41, 5.74) is 11.1. The number of carboxylic acids is 1. The third-order valence-electron chi connectivity index (χ3n) is 8.83. The molecule has 13 N–H and O–H groups in total. The maximum atomic E-state index is 13.5. The molecule has 21 nitrogen and oxygen atoms in total. The van der Waals surface area contributed by atoms with Crippen LogP contribution >= 0.6 is 0 Å². The molecule has 0 rings (SSSR count). The molecule has 0 radical (unpaired) electrons. The van der Waals surface area contributed by atoms with Crippen LogP contribution < -0.4 is 48.7 Å². The van der Waals surface area contributed by atoms with Crippen LogP contribution in [0.15, 0.2) is 0 Å². The lowest BCUT2D eigenvalue weighted by molar-refractivity contribution is -0.141. The van der Waals surface area contributed by atoms with Gasteiger partial charge in [-0.3, -0.25) is 43.2 Å². The zero-order valence-electron chi connectivity index (χ0n) is 34.2. The Hall–Kier alpha value is -5.18. The highest BCUT2D eigenvalue weighted by atomic mass is 16.4. The standard InChI is InChI=1S/C36H63N9O12/c1-10-19(8)29(43-25(49)14-39-33(54)27(38)17(4)5)35(56)45-30(20(9)47)36(57)41-22(12-24(37)48)32(53)44-28(18(6)7)34(55)42-23(13-26(50)51)31(52)40-21(15-46)11-16(2)3/h15-23,27-30,47H,10-14,38H2,1-9H3,(H2,37,48)(H,39,54)(H,40,52)(H,41,57)(H,42,55)(H,43,49)(H,44,53)(H,45,56)(H,50,51)/t19-,20+,21-,22-,23-,27-,28-,29-,30-/m0/s1. The molecule has 0 spiro atoms. The van der Waals surface area contributed by atoms with Crippen LogP contribution in [0.3, 0.4) is 0 Å². The van der Waals surface area contributed by atoms with Crippen LogP contribution in [0.2, 0.25) is 0 Å². The number of carbonyl (C=O) groups excluding carboxylic acids is 9. The average molecular weight is 814 g/mol. The van der Waals surface area contributed by atoms with E-state index in [2.05, 4.69) is 37.2 Å². The molecule has 0 heterocycles. The molecule has 0 fully saturated rings. The number of aliphatic hydroxyl groups is 1. The number of rotatable bonds is 26. The van der Waals surface area contributed by atoms with Gasteiger partial charge < -0.3 is 63.7 Å². The number of hydrogen-bond acceptors (Lipinski definition) is 12. The summed E-state index contributed by atoms with van der Waals surface area (Å²) in [5, 5.41) is 36.4. The van der Waals surface area contributed by atoms with E-state index in [1.54, 1.807) is 41.5 Å². The largest absolute Gasteiger partial charge is 0.481 e. The summed E-state index contributed by atoms with van der Waals surface area (Å²) in [6.45, 7) is 14.1. The van der Waals surface area contributed by atoms with Gasteiger partial charge in [-0.05, 0) is 37.0 Å². The molecular formula is C36H63N9O12. The van der Waals surface area contributed by atoms with Crippen LogP contribution in [0.1, 0.15) is 88.0 Å². The van der Waals surface area contributed by atoms with E-state index in [-0.39, 0.29) is 18.3 Å². The van der Waals surface area contributed by atoms with E-state index in [0.29, 0.717) is 12.7 Å². The van der Waals surface area contributed by atoms with Gasteiger partial charge in [-0.25, -0.2) is 0 Å². The van der Waals surface area contributed by atoms with Gasteiger partial charge in [0, 0.05) is 0 Å². The number of nitrogens with two attached hydrogens (primary N) is 2. The molecule has 0 aromatic rings. The molecule has 0 aliphatic heterocycles. The molecule has 8 amide bonds. The fraction of sp³-hybridized carbons (Fsp3) is 0.722. The smallest absolute Gasteiger partial charge is 0.305 e. The fourth-order valence-corrected chi connectivity index (χ4v) is 5.21. The zero-order chi connectivity index (χ0) is 44.3. The van der Waals surface area contributed by atoms with Crippen LogP contribution in [-0.4, -0.2) is 125 Å². The van der Waals surface area contributed by atoms with E-state index in [1.165, 1.54) is 13.8 Å². The summed E-state index contributed by atoms with van der Waals surface area (Å²) < 4.78 is 0. The van der Waals surface area contributed by atoms with Crippen molar-refractivity contribution in [1.82, 2.24) is 37.2 Å². The van der Waals surface area contributed by atoms with Crippen LogP contribution in [0.25, 0.3) is 0 Å². The summed E-state index contributed by atoms with van der Waals surface area (Å²) in [6.07, 6.45) is -2.19. The molecule has 57 heavy (non-hydrogen) atoms. The van der Waals surface area contributed by atoms with Crippen LogP contribution in [0.5, 0.6) is 0 Å². The Morgan fingerprint density at radius 3 is 1.56 bits per heavy atom. The first-order valence-electron chi connectivity index (χ1n) is 18.8. The minimum Gasteiger partial charge on any atom is -0.481 e. The van der Waals surface area contributed by atoms with E-state index >= 15 is 0 Å². The van der Waals surface area contributed by atoms with Gasteiger partial charge in [0.05, 0.1) is 37.6 Å². The van der Waals surface area contributed by atoms with E-state index in [1.807, 2.05) is 0 Å². The van der Waals surface area contributed by atoms with Gasteiger partial charge in [0.1, 0.15) is 36.5 Å². The predicted octanol–water partition coefficient (Wildman–Crippen LogP) is -3.33. The first-order valence-corrected chi connectivity index (χ1v) is 18.8. The number of aldehydes is 1. The van der Waals surface area contributed by atoms with Crippen molar-refractivity contribution < 1.29 is 58.2 Å². The molecular weight excluding hydrogens is 750 g/mol. The predicted molar refractivity (Wildman–Crippen MR) is 205 cm³/mol. The minimum atomic E-state index is -1.77. The summed E-state index contributed by atoms with van der Waals surface area (Å²) in [7, 11) is 0. The number of carboxylic acid groups (broad SMARTS) is 1. The molecule has 324 valence electrons. The van der Waals surface area contributed by atoms with Gasteiger partial charge in [-0.2, -0.15) is 0 Å². The van der Waals surface area contributed by atoms with Crippen LogP contribution in [0.4, 0.5) is 0 Å². The van der Waals surface area contributed by atoms with Gasteiger partial charge in [0.25, 0.3) is 0 Å². The Morgan fingerprint density at radius 2 is 1.12 bits per heavy atom. The molecule has 0 aliphatic rings. The lowest BCUT2D eigenvalue weighted by Crippen LogP contribution is -2.62. The van der Waals surface area contributed by atoms with E-state index < -0.39 is 133 Å². The van der Waals surface area contributed by atoms with Gasteiger partial charge >= 0.3 is 5.97 Å². The molecule has 0 saturated carbocycles. The molecule has 0 saturated heterocycles. The van der Waals surface area contributed by atoms with Crippen molar-refractivity contribution in [2.24, 2.45) is 35.1 Å². The molecule has 21 heteroatoms. The second-order valence-corrected chi connectivity index (χ2v) is 15.1. The van der Waals surface area contributed by atoms with E-state index in [4.69, 9.17) is 11.5 Å². The molecule has 0 aromatic carbocycles. The van der Waals surface area contributed by atoms with Crippen molar-refractivity contribution in [3.05, 3.63) is 0 Å². The maximum absolute atomic E-state index is 13.5. The van der Waals surface area contributed by atoms with E-state index in [0.717, 1.165) is 6.92 Å². The van der Waals surface area contributed by atoms with Gasteiger partial charge in [0.2, 0.25) is 47.3 Å². The first kappa shape index (κ1) is 51.8. The quantitative estimate of drug-likeness (QED) is 0.0381. The van der Waals surface area contributed by atoms with Gasteiger partial charge in [-0.15, -0.1) is 0 Å². The topological polar surface area (TPSA) is 347 Å². The minimum absolute atomic E-state index is 0.00878. The zero-order valence-corrected chi connectivity index (χ0v) is 34.2. The Balaban J connectivity index is 6.14. The van der Waals surface area contributed by atoms with Gasteiger partial charge in [0.15, 0.2) is 0 Å². The second kappa shape index (κ2) is 25.1. The van der Waals surface area contributed by atoms with Crippen LogP contribution in [0, 0.1) is 23.7 Å². The number of primary amides is 1. The molecule has 0 aromatic heterocycles. The molecule has 0 unspecified atom stereocenters. The molecule has 0 bridgehead atoms. The molecule has 9 atom stereocenters. The highest BCUT2D eigenvalue weighted by Gasteiger charge is 2.37.